The molecule has 0 aromatic carbocycles. The van der Waals surface area contributed by atoms with Gasteiger partial charge < -0.3 is 10.2 Å². The molecule has 0 amide bonds. The molecule has 0 aromatic heterocycles. The Balaban J connectivity index is 1.57. The van der Waals surface area contributed by atoms with Crippen molar-refractivity contribution in [2.45, 2.75) is 90.1 Å². The summed E-state index contributed by atoms with van der Waals surface area (Å²) in [5.41, 5.74) is -0.0130. The lowest BCUT2D eigenvalue weighted by molar-refractivity contribution is -0.117. The third-order valence-electron chi connectivity index (χ3n) is 9.15. The molecule has 0 aliphatic heterocycles. The fourth-order valence-corrected chi connectivity index (χ4v) is 7.86. The van der Waals surface area contributed by atoms with Gasteiger partial charge in [-0.25, -0.2) is 0 Å². The summed E-state index contributed by atoms with van der Waals surface area (Å²) >= 11 is 0. The lowest BCUT2D eigenvalue weighted by atomic mass is 9.47. The van der Waals surface area contributed by atoms with Gasteiger partial charge in [0.2, 0.25) is 0 Å². The van der Waals surface area contributed by atoms with Crippen molar-refractivity contribution in [2.24, 2.45) is 40.9 Å². The van der Waals surface area contributed by atoms with Crippen LogP contribution >= 0.6 is 0 Å². The van der Waals surface area contributed by atoms with E-state index in [0.717, 1.165) is 42.4 Å². The SMILES string of the molecule is C[C@@]1(O)CC[C@H]2[C@H](CC[C@@H]3[C@@H]2CC[C@]2(C)[C@@H](CO)CCCC[C@@H]32)C1. The molecule has 0 heterocycles. The van der Waals surface area contributed by atoms with Crippen molar-refractivity contribution in [3.63, 3.8) is 0 Å². The Hall–Kier alpha value is -0.0800. The van der Waals surface area contributed by atoms with Crippen LogP contribution in [0.1, 0.15) is 84.5 Å². The molecule has 8 atom stereocenters. The van der Waals surface area contributed by atoms with Gasteiger partial charge in [-0.2, -0.15) is 0 Å². The van der Waals surface area contributed by atoms with Crippen molar-refractivity contribution in [3.8, 4) is 0 Å². The van der Waals surface area contributed by atoms with Crippen LogP contribution in [0.3, 0.4) is 0 Å². The molecule has 0 spiro atoms. The maximum Gasteiger partial charge on any atom is 0.0622 e. The molecule has 4 aliphatic carbocycles. The van der Waals surface area contributed by atoms with Crippen LogP contribution in [0.4, 0.5) is 0 Å². The van der Waals surface area contributed by atoms with Gasteiger partial charge in [-0.1, -0.05) is 19.8 Å². The molecule has 4 fully saturated rings. The van der Waals surface area contributed by atoms with Crippen LogP contribution in [0, 0.1) is 40.9 Å². The van der Waals surface area contributed by atoms with E-state index in [0.29, 0.717) is 17.9 Å². The normalized spacial score (nSPS) is 55.0. The van der Waals surface area contributed by atoms with Gasteiger partial charge in [0.15, 0.2) is 0 Å². The molecule has 2 N–H and O–H groups in total. The van der Waals surface area contributed by atoms with Gasteiger partial charge in [0.25, 0.3) is 0 Å². The quantitative estimate of drug-likeness (QED) is 0.724. The van der Waals surface area contributed by atoms with Crippen molar-refractivity contribution < 1.29 is 10.2 Å². The lowest BCUT2D eigenvalue weighted by Crippen LogP contribution is -2.52. The smallest absolute Gasteiger partial charge is 0.0622 e. The Kier molecular flexibility index (Phi) is 4.53. The maximum atomic E-state index is 10.5. The van der Waals surface area contributed by atoms with Gasteiger partial charge in [-0.3, -0.25) is 0 Å². The average Bonchev–Trinajstić information content (AvgIpc) is 2.71. The molecule has 0 bridgehead atoms. The van der Waals surface area contributed by atoms with E-state index in [4.69, 9.17) is 0 Å². The molecule has 0 unspecified atom stereocenters. The zero-order chi connectivity index (χ0) is 16.9. The first-order valence-electron chi connectivity index (χ1n) is 10.8. The van der Waals surface area contributed by atoms with Crippen LogP contribution in [0.2, 0.25) is 0 Å². The van der Waals surface area contributed by atoms with E-state index in [1.807, 2.05) is 0 Å². The summed E-state index contributed by atoms with van der Waals surface area (Å²) < 4.78 is 0. The molecule has 0 aromatic rings. The lowest BCUT2D eigenvalue weighted by Gasteiger charge is -2.59. The van der Waals surface area contributed by atoms with Gasteiger partial charge >= 0.3 is 0 Å². The van der Waals surface area contributed by atoms with Crippen molar-refractivity contribution in [2.75, 3.05) is 6.61 Å². The van der Waals surface area contributed by atoms with Crippen molar-refractivity contribution in [1.29, 1.82) is 0 Å². The van der Waals surface area contributed by atoms with E-state index in [2.05, 4.69) is 13.8 Å². The van der Waals surface area contributed by atoms with Crippen LogP contribution in [0.25, 0.3) is 0 Å². The van der Waals surface area contributed by atoms with Crippen molar-refractivity contribution in [1.82, 2.24) is 0 Å². The van der Waals surface area contributed by atoms with Crippen LogP contribution in [-0.4, -0.2) is 22.4 Å². The predicted octanol–water partition coefficient (Wildman–Crippen LogP) is 4.78. The highest BCUT2D eigenvalue weighted by Gasteiger charge is 2.55. The summed E-state index contributed by atoms with van der Waals surface area (Å²) in [7, 11) is 0. The summed E-state index contributed by atoms with van der Waals surface area (Å²) in [6.07, 6.45) is 14.1. The van der Waals surface area contributed by atoms with Crippen molar-refractivity contribution in [3.05, 3.63) is 0 Å². The zero-order valence-corrected chi connectivity index (χ0v) is 15.8. The minimum Gasteiger partial charge on any atom is -0.396 e. The first kappa shape index (κ1) is 17.3. The van der Waals surface area contributed by atoms with Crippen molar-refractivity contribution >= 4 is 0 Å². The molecule has 4 aliphatic rings. The molecule has 0 radical (unpaired) electrons. The molecule has 2 nitrogen and oxygen atoms in total. The van der Waals surface area contributed by atoms with E-state index in [1.165, 1.54) is 57.8 Å². The number of fused-ring (bicyclic) bond motifs is 5. The first-order chi connectivity index (χ1) is 11.4. The Morgan fingerprint density at radius 1 is 0.833 bits per heavy atom. The van der Waals surface area contributed by atoms with Crippen LogP contribution in [0.5, 0.6) is 0 Å². The summed E-state index contributed by atoms with van der Waals surface area (Å²) in [6.45, 7) is 4.99. The highest BCUT2D eigenvalue weighted by Crippen LogP contribution is 2.62. The molecular formula is C22H38O2. The third kappa shape index (κ3) is 2.76. The molecule has 24 heavy (non-hydrogen) atoms. The first-order valence-corrected chi connectivity index (χ1v) is 10.8. The molecule has 2 heteroatoms. The minimum absolute atomic E-state index is 0.388. The number of aliphatic hydroxyl groups is 2. The zero-order valence-electron chi connectivity index (χ0n) is 15.8. The maximum absolute atomic E-state index is 10.5. The number of rotatable bonds is 1. The Bertz CT molecular complexity index is 459. The van der Waals surface area contributed by atoms with E-state index in [1.54, 1.807) is 0 Å². The molecule has 0 saturated heterocycles. The standard InChI is InChI=1S/C22H38O2/c1-21(24)11-9-17-15(13-21)7-8-19-18(17)10-12-22(2)16(14-23)5-3-4-6-20(19)22/h15-20,23-24H,3-14H2,1-2H3/t15-,16-,17+,18-,19-,20+,21-,22-/m1/s1. The second-order valence-corrected chi connectivity index (χ2v) is 10.4. The van der Waals surface area contributed by atoms with Gasteiger partial charge in [-0.05, 0) is 106 Å². The largest absolute Gasteiger partial charge is 0.396 e. The van der Waals surface area contributed by atoms with Gasteiger partial charge in [0.05, 0.1) is 5.60 Å². The van der Waals surface area contributed by atoms with E-state index in [-0.39, 0.29) is 0 Å². The fourth-order valence-electron chi connectivity index (χ4n) is 7.86. The molecule has 4 saturated carbocycles. The third-order valence-corrected chi connectivity index (χ3v) is 9.15. The average molecular weight is 335 g/mol. The van der Waals surface area contributed by atoms with Crippen LogP contribution in [0.15, 0.2) is 0 Å². The van der Waals surface area contributed by atoms with Gasteiger partial charge in [-0.15, -0.1) is 0 Å². The highest BCUT2D eigenvalue weighted by molar-refractivity contribution is 5.04. The summed E-state index contributed by atoms with van der Waals surface area (Å²) in [5, 5.41) is 20.5. The second kappa shape index (κ2) is 6.27. The predicted molar refractivity (Wildman–Crippen MR) is 97.5 cm³/mol. The highest BCUT2D eigenvalue weighted by atomic mass is 16.3. The topological polar surface area (TPSA) is 40.5 Å². The summed E-state index contributed by atoms with van der Waals surface area (Å²) in [4.78, 5) is 0. The van der Waals surface area contributed by atoms with E-state index in [9.17, 15) is 10.2 Å². The second-order valence-electron chi connectivity index (χ2n) is 10.4. The Morgan fingerprint density at radius 3 is 2.38 bits per heavy atom. The van der Waals surface area contributed by atoms with Crippen LogP contribution < -0.4 is 0 Å². The Labute approximate surface area is 148 Å². The number of hydrogen-bond acceptors (Lipinski definition) is 2. The Morgan fingerprint density at radius 2 is 1.58 bits per heavy atom. The van der Waals surface area contributed by atoms with Gasteiger partial charge in [0, 0.05) is 6.61 Å². The molecule has 138 valence electrons. The van der Waals surface area contributed by atoms with E-state index < -0.39 is 5.60 Å². The number of aliphatic hydroxyl groups excluding tert-OH is 1. The summed E-state index contributed by atoms with van der Waals surface area (Å²) in [6, 6.07) is 0. The fraction of sp³-hybridized carbons (Fsp3) is 1.00. The number of hydrogen-bond donors (Lipinski definition) is 2. The molecule has 4 rings (SSSR count). The molecular weight excluding hydrogens is 296 g/mol. The van der Waals surface area contributed by atoms with Crippen LogP contribution in [-0.2, 0) is 0 Å². The monoisotopic (exact) mass is 334 g/mol. The minimum atomic E-state index is -0.401. The van der Waals surface area contributed by atoms with Gasteiger partial charge in [0.1, 0.15) is 0 Å². The van der Waals surface area contributed by atoms with E-state index >= 15 is 0 Å². The summed E-state index contributed by atoms with van der Waals surface area (Å²) in [5.74, 6) is 4.86.